The maximum atomic E-state index is 12.9. The number of hydrogen-bond acceptors (Lipinski definition) is 5. The molecule has 3 rings (SSSR count). The molecule has 0 atom stereocenters. The average molecular weight is 445 g/mol. The molecule has 0 unspecified atom stereocenters. The van der Waals surface area contributed by atoms with Crippen molar-refractivity contribution in [3.63, 3.8) is 0 Å². The number of carbonyl (C=O) groups excluding carboxylic acids is 2. The monoisotopic (exact) mass is 444 g/mol. The highest BCUT2D eigenvalue weighted by Crippen LogP contribution is 2.17. The van der Waals surface area contributed by atoms with Crippen LogP contribution in [0.4, 0.5) is 11.4 Å². The summed E-state index contributed by atoms with van der Waals surface area (Å²) >= 11 is 0. The van der Waals surface area contributed by atoms with Gasteiger partial charge in [-0.25, -0.2) is 8.42 Å². The van der Waals surface area contributed by atoms with Crippen LogP contribution in [0.3, 0.4) is 0 Å². The lowest BCUT2D eigenvalue weighted by Gasteiger charge is -2.22. The Hall–Kier alpha value is -3.07. The lowest BCUT2D eigenvalue weighted by molar-refractivity contribution is 0.0719. The number of rotatable bonds is 5. The summed E-state index contributed by atoms with van der Waals surface area (Å²) in [6.07, 6.45) is 1.77. The molecular weight excluding hydrogens is 416 g/mol. The van der Waals surface area contributed by atoms with Gasteiger partial charge in [0, 0.05) is 62.8 Å². The second-order valence-corrected chi connectivity index (χ2v) is 9.58. The van der Waals surface area contributed by atoms with Crippen molar-refractivity contribution < 1.29 is 18.0 Å². The minimum Gasteiger partial charge on any atom is -0.378 e. The third kappa shape index (κ3) is 5.97. The van der Waals surface area contributed by atoms with Crippen molar-refractivity contribution in [1.29, 1.82) is 0 Å². The van der Waals surface area contributed by atoms with E-state index in [1.807, 2.05) is 43.3 Å². The number of hydrogen-bond donors (Lipinski definition) is 1. The molecule has 0 aliphatic carbocycles. The highest BCUT2D eigenvalue weighted by molar-refractivity contribution is 7.92. The van der Waals surface area contributed by atoms with Crippen molar-refractivity contribution >= 4 is 33.2 Å². The zero-order chi connectivity index (χ0) is 22.6. The summed E-state index contributed by atoms with van der Waals surface area (Å²) in [6, 6.07) is 13.9. The van der Waals surface area contributed by atoms with Gasteiger partial charge >= 0.3 is 0 Å². The molecule has 1 saturated heterocycles. The molecule has 0 radical (unpaired) electrons. The summed E-state index contributed by atoms with van der Waals surface area (Å²) < 4.78 is 25.0. The fraction of sp³-hybridized carbons (Fsp3) is 0.364. The van der Waals surface area contributed by atoms with E-state index >= 15 is 0 Å². The first-order valence-electron chi connectivity index (χ1n) is 10.1. The first kappa shape index (κ1) is 22.6. The highest BCUT2D eigenvalue weighted by atomic mass is 32.2. The first-order chi connectivity index (χ1) is 14.6. The number of anilines is 2. The van der Waals surface area contributed by atoms with Gasteiger partial charge in [0.2, 0.25) is 10.0 Å². The molecule has 1 fully saturated rings. The van der Waals surface area contributed by atoms with E-state index in [1.165, 1.54) is 0 Å². The molecule has 1 aliphatic rings. The van der Waals surface area contributed by atoms with Crippen LogP contribution in [0.15, 0.2) is 48.5 Å². The van der Waals surface area contributed by atoms with Crippen molar-refractivity contribution in [2.45, 2.75) is 6.42 Å². The minimum absolute atomic E-state index is 0.0317. The Bertz CT molecular complexity index is 1030. The Morgan fingerprint density at radius 2 is 1.26 bits per heavy atom. The predicted molar refractivity (Wildman–Crippen MR) is 122 cm³/mol. The van der Waals surface area contributed by atoms with Gasteiger partial charge in [0.25, 0.3) is 11.8 Å². The maximum absolute atomic E-state index is 12.9. The summed E-state index contributed by atoms with van der Waals surface area (Å²) in [6.45, 7) is 2.07. The number of carbonyl (C=O) groups is 2. The normalized spacial score (nSPS) is 14.7. The quantitative estimate of drug-likeness (QED) is 0.763. The molecule has 0 spiro atoms. The lowest BCUT2D eigenvalue weighted by Crippen LogP contribution is -2.37. The second kappa shape index (κ2) is 9.38. The van der Waals surface area contributed by atoms with Gasteiger partial charge in [0.05, 0.1) is 6.26 Å². The molecule has 1 heterocycles. The Labute approximate surface area is 183 Å². The SMILES string of the molecule is CN(C)c1ccc(C(=O)N2CCCN(C(=O)c3ccc(NS(C)(=O)=O)cc3)CC2)cc1. The lowest BCUT2D eigenvalue weighted by atomic mass is 10.1. The van der Waals surface area contributed by atoms with Gasteiger partial charge in [-0.1, -0.05) is 0 Å². The predicted octanol–water partition coefficient (Wildman–Crippen LogP) is 2.11. The van der Waals surface area contributed by atoms with Crippen molar-refractivity contribution in [1.82, 2.24) is 9.80 Å². The Morgan fingerprint density at radius 3 is 1.68 bits per heavy atom. The summed E-state index contributed by atoms with van der Waals surface area (Å²) in [5.74, 6) is -0.161. The van der Waals surface area contributed by atoms with E-state index in [0.717, 1.165) is 11.9 Å². The zero-order valence-corrected chi connectivity index (χ0v) is 18.9. The minimum atomic E-state index is -3.36. The standard InChI is InChI=1S/C22H28N4O4S/c1-24(2)20-11-7-18(8-12-20)22(28)26-14-4-13-25(15-16-26)21(27)17-5-9-19(10-6-17)23-31(3,29)30/h5-12,23H,4,13-16H2,1-3H3. The summed E-state index contributed by atoms with van der Waals surface area (Å²) in [5, 5.41) is 0. The van der Waals surface area contributed by atoms with Gasteiger partial charge in [-0.05, 0) is 55.0 Å². The second-order valence-electron chi connectivity index (χ2n) is 7.83. The molecule has 1 N–H and O–H groups in total. The topological polar surface area (TPSA) is 90.0 Å². The number of amides is 2. The van der Waals surface area contributed by atoms with Crippen molar-refractivity contribution in [2.24, 2.45) is 0 Å². The number of nitrogens with one attached hydrogen (secondary N) is 1. The van der Waals surface area contributed by atoms with E-state index < -0.39 is 10.0 Å². The molecule has 0 aromatic heterocycles. The molecule has 2 aromatic carbocycles. The Kier molecular flexibility index (Phi) is 6.84. The average Bonchev–Trinajstić information content (AvgIpc) is 2.98. The largest absolute Gasteiger partial charge is 0.378 e. The molecule has 1 aliphatic heterocycles. The van der Waals surface area contributed by atoms with Crippen LogP contribution in [0.2, 0.25) is 0 Å². The van der Waals surface area contributed by atoms with Crippen molar-refractivity contribution in [3.8, 4) is 0 Å². The zero-order valence-electron chi connectivity index (χ0n) is 18.0. The van der Waals surface area contributed by atoms with Crippen molar-refractivity contribution in [2.75, 3.05) is 56.2 Å². The van der Waals surface area contributed by atoms with Crippen LogP contribution in [-0.2, 0) is 10.0 Å². The van der Waals surface area contributed by atoms with Crippen LogP contribution in [0.5, 0.6) is 0 Å². The molecule has 31 heavy (non-hydrogen) atoms. The third-order valence-corrected chi connectivity index (χ3v) is 5.74. The van der Waals surface area contributed by atoms with E-state index in [-0.39, 0.29) is 11.8 Å². The molecule has 8 nitrogen and oxygen atoms in total. The molecule has 0 saturated carbocycles. The van der Waals surface area contributed by atoms with Gasteiger partial charge in [-0.3, -0.25) is 14.3 Å². The smallest absolute Gasteiger partial charge is 0.253 e. The van der Waals surface area contributed by atoms with Crippen LogP contribution in [-0.4, -0.2) is 76.6 Å². The molecule has 9 heteroatoms. The van der Waals surface area contributed by atoms with E-state index in [2.05, 4.69) is 4.72 Å². The number of sulfonamides is 1. The summed E-state index contributed by atoms with van der Waals surface area (Å²) in [5.41, 5.74) is 2.56. The van der Waals surface area contributed by atoms with Crippen LogP contribution < -0.4 is 9.62 Å². The van der Waals surface area contributed by atoms with Gasteiger partial charge < -0.3 is 14.7 Å². The molecular formula is C22H28N4O4S. The van der Waals surface area contributed by atoms with Crippen LogP contribution in [0, 0.1) is 0 Å². The van der Waals surface area contributed by atoms with Crippen LogP contribution in [0.25, 0.3) is 0 Å². The van der Waals surface area contributed by atoms with Gasteiger partial charge in [0.15, 0.2) is 0 Å². The Morgan fingerprint density at radius 1 is 0.806 bits per heavy atom. The summed E-state index contributed by atoms with van der Waals surface area (Å²) in [7, 11) is 0.538. The summed E-state index contributed by atoms with van der Waals surface area (Å²) in [4.78, 5) is 31.3. The van der Waals surface area contributed by atoms with Gasteiger partial charge in [-0.15, -0.1) is 0 Å². The molecule has 2 amide bonds. The van der Waals surface area contributed by atoms with Crippen LogP contribution >= 0.6 is 0 Å². The Balaban J connectivity index is 1.62. The molecule has 2 aromatic rings. The van der Waals surface area contributed by atoms with E-state index in [0.29, 0.717) is 49.4 Å². The highest BCUT2D eigenvalue weighted by Gasteiger charge is 2.23. The van der Waals surface area contributed by atoms with E-state index in [4.69, 9.17) is 0 Å². The van der Waals surface area contributed by atoms with Gasteiger partial charge in [0.1, 0.15) is 0 Å². The number of nitrogens with zero attached hydrogens (tertiary/aromatic N) is 3. The van der Waals surface area contributed by atoms with Gasteiger partial charge in [-0.2, -0.15) is 0 Å². The maximum Gasteiger partial charge on any atom is 0.253 e. The fourth-order valence-corrected chi connectivity index (χ4v) is 4.05. The van der Waals surface area contributed by atoms with Crippen molar-refractivity contribution in [3.05, 3.63) is 59.7 Å². The first-order valence-corrected chi connectivity index (χ1v) is 12.0. The third-order valence-electron chi connectivity index (χ3n) is 5.14. The molecule has 166 valence electrons. The molecule has 0 bridgehead atoms. The van der Waals surface area contributed by atoms with Crippen LogP contribution in [0.1, 0.15) is 27.1 Å². The van der Waals surface area contributed by atoms with E-state index in [1.54, 1.807) is 34.1 Å². The number of benzene rings is 2. The fourth-order valence-electron chi connectivity index (χ4n) is 3.49. The van der Waals surface area contributed by atoms with E-state index in [9.17, 15) is 18.0 Å².